The molecule has 0 saturated heterocycles. The molecule has 1 amide bonds. The Labute approximate surface area is 200 Å². The molecule has 0 spiro atoms. The topological polar surface area (TPSA) is 111 Å². The van der Waals surface area contributed by atoms with Crippen molar-refractivity contribution in [1.29, 1.82) is 5.41 Å². The normalized spacial score (nSPS) is 16.0. The molecule has 34 heavy (non-hydrogen) atoms. The van der Waals surface area contributed by atoms with E-state index in [0.717, 1.165) is 0 Å². The summed E-state index contributed by atoms with van der Waals surface area (Å²) in [6, 6.07) is 9.49. The number of hydrogen-bond donors (Lipinski definition) is 1. The number of amides is 1. The SMILES string of the molecule is CCOc1cc(/C=C2\C(=N)N3OC(C)=CC3=NC2=O)cc(Cl)c1OC(=O)c1ccc(OC)cc1. The lowest BCUT2D eigenvalue weighted by molar-refractivity contribution is -0.114. The third-order valence-electron chi connectivity index (χ3n) is 4.84. The lowest BCUT2D eigenvalue weighted by atomic mass is 10.1. The van der Waals surface area contributed by atoms with Crippen LogP contribution in [0.2, 0.25) is 5.02 Å². The van der Waals surface area contributed by atoms with Crippen molar-refractivity contribution in [3.63, 3.8) is 0 Å². The molecule has 0 unspecified atom stereocenters. The number of rotatable bonds is 6. The number of benzene rings is 2. The first-order valence-electron chi connectivity index (χ1n) is 10.2. The van der Waals surface area contributed by atoms with Crippen molar-refractivity contribution in [3.05, 3.63) is 70.0 Å². The van der Waals surface area contributed by atoms with Crippen LogP contribution in [0.15, 0.2) is 58.8 Å². The number of allylic oxidation sites excluding steroid dienone is 1. The molecule has 2 aliphatic heterocycles. The zero-order valence-corrected chi connectivity index (χ0v) is 19.3. The van der Waals surface area contributed by atoms with Gasteiger partial charge >= 0.3 is 5.97 Å². The van der Waals surface area contributed by atoms with Gasteiger partial charge in [0.15, 0.2) is 23.2 Å². The number of carbonyl (C=O) groups is 2. The second kappa shape index (κ2) is 9.40. The Morgan fingerprint density at radius 2 is 2.00 bits per heavy atom. The molecule has 0 bridgehead atoms. The number of methoxy groups -OCH3 is 1. The minimum Gasteiger partial charge on any atom is -0.497 e. The average molecular weight is 482 g/mol. The van der Waals surface area contributed by atoms with Gasteiger partial charge in [0.05, 0.1) is 29.9 Å². The first-order valence-corrected chi connectivity index (χ1v) is 10.6. The van der Waals surface area contributed by atoms with Crippen LogP contribution in [0, 0.1) is 5.41 Å². The Bertz CT molecular complexity index is 1280. The molecule has 1 N–H and O–H groups in total. The van der Waals surface area contributed by atoms with Gasteiger partial charge in [0.1, 0.15) is 11.5 Å². The number of fused-ring (bicyclic) bond motifs is 1. The van der Waals surface area contributed by atoms with Gasteiger partial charge in [-0.05, 0) is 61.9 Å². The third-order valence-corrected chi connectivity index (χ3v) is 5.12. The highest BCUT2D eigenvalue weighted by atomic mass is 35.5. The second-order valence-electron chi connectivity index (χ2n) is 7.20. The van der Waals surface area contributed by atoms with Gasteiger partial charge in [0.25, 0.3) is 5.91 Å². The van der Waals surface area contributed by atoms with E-state index in [9.17, 15) is 9.59 Å². The predicted molar refractivity (Wildman–Crippen MR) is 125 cm³/mol. The van der Waals surface area contributed by atoms with Crippen LogP contribution in [0.1, 0.15) is 29.8 Å². The van der Waals surface area contributed by atoms with E-state index >= 15 is 0 Å². The number of hydrogen-bond acceptors (Lipinski definition) is 7. The molecule has 0 fully saturated rings. The van der Waals surface area contributed by atoms with Gasteiger partial charge in [0.2, 0.25) is 0 Å². The summed E-state index contributed by atoms with van der Waals surface area (Å²) in [4.78, 5) is 34.5. The molecule has 0 aliphatic carbocycles. The van der Waals surface area contributed by atoms with Gasteiger partial charge in [-0.3, -0.25) is 10.2 Å². The summed E-state index contributed by atoms with van der Waals surface area (Å²) in [5.74, 6) is 0.239. The van der Waals surface area contributed by atoms with Crippen molar-refractivity contribution in [2.24, 2.45) is 4.99 Å². The van der Waals surface area contributed by atoms with E-state index in [4.69, 9.17) is 36.1 Å². The van der Waals surface area contributed by atoms with Gasteiger partial charge in [-0.15, -0.1) is 5.06 Å². The number of ether oxygens (including phenoxy) is 3. The van der Waals surface area contributed by atoms with Crippen LogP contribution in [0.25, 0.3) is 6.08 Å². The van der Waals surface area contributed by atoms with Crippen molar-refractivity contribution >= 4 is 41.2 Å². The first-order chi connectivity index (χ1) is 16.3. The van der Waals surface area contributed by atoms with E-state index in [-0.39, 0.29) is 40.4 Å². The van der Waals surface area contributed by atoms with Gasteiger partial charge in [-0.1, -0.05) is 11.6 Å². The van der Waals surface area contributed by atoms with E-state index in [0.29, 0.717) is 22.6 Å². The highest BCUT2D eigenvalue weighted by molar-refractivity contribution is 6.34. The zero-order valence-electron chi connectivity index (χ0n) is 18.5. The van der Waals surface area contributed by atoms with Crippen LogP contribution in [0.5, 0.6) is 17.2 Å². The minimum atomic E-state index is -0.628. The van der Waals surface area contributed by atoms with Crippen LogP contribution in [-0.2, 0) is 9.63 Å². The summed E-state index contributed by atoms with van der Waals surface area (Å²) >= 11 is 6.43. The van der Waals surface area contributed by atoms with Crippen LogP contribution >= 0.6 is 11.6 Å². The van der Waals surface area contributed by atoms with Crippen molar-refractivity contribution < 1.29 is 28.6 Å². The van der Waals surface area contributed by atoms with Crippen molar-refractivity contribution in [2.75, 3.05) is 13.7 Å². The summed E-state index contributed by atoms with van der Waals surface area (Å²) in [5, 5.41) is 9.60. The van der Waals surface area contributed by atoms with Crippen LogP contribution in [-0.4, -0.2) is 42.3 Å². The largest absolute Gasteiger partial charge is 0.497 e. The molecule has 2 aromatic rings. The average Bonchev–Trinajstić information content (AvgIpc) is 3.19. The molecule has 0 saturated carbocycles. The number of aliphatic imine (C=N–C) groups is 1. The Balaban J connectivity index is 1.64. The summed E-state index contributed by atoms with van der Waals surface area (Å²) in [5.41, 5.74) is 0.761. The fourth-order valence-electron chi connectivity index (χ4n) is 3.28. The molecule has 0 aromatic heterocycles. The molecule has 4 rings (SSSR count). The zero-order chi connectivity index (χ0) is 24.4. The number of halogens is 1. The van der Waals surface area contributed by atoms with Crippen molar-refractivity contribution in [3.8, 4) is 17.2 Å². The summed E-state index contributed by atoms with van der Waals surface area (Å²) in [7, 11) is 1.53. The number of nitrogens with one attached hydrogen (secondary N) is 1. The lowest BCUT2D eigenvalue weighted by Gasteiger charge is -2.23. The van der Waals surface area contributed by atoms with Gasteiger partial charge in [-0.25, -0.2) is 4.79 Å². The molecule has 2 heterocycles. The molecule has 10 heteroatoms. The van der Waals surface area contributed by atoms with E-state index in [1.807, 2.05) is 0 Å². The Morgan fingerprint density at radius 1 is 1.26 bits per heavy atom. The van der Waals surface area contributed by atoms with E-state index in [1.54, 1.807) is 50.3 Å². The molecule has 2 aliphatic rings. The molecule has 2 aromatic carbocycles. The quantitative estimate of drug-likeness (QED) is 0.369. The molecule has 0 atom stereocenters. The second-order valence-corrected chi connectivity index (χ2v) is 7.61. The number of carbonyl (C=O) groups excluding carboxylic acids is 2. The van der Waals surface area contributed by atoms with Gasteiger partial charge < -0.3 is 19.0 Å². The maximum Gasteiger partial charge on any atom is 0.343 e. The molecule has 0 radical (unpaired) electrons. The summed E-state index contributed by atoms with van der Waals surface area (Å²) in [6.07, 6.45) is 3.02. The maximum absolute atomic E-state index is 12.6. The van der Waals surface area contributed by atoms with Crippen molar-refractivity contribution in [2.45, 2.75) is 13.8 Å². The lowest BCUT2D eigenvalue weighted by Crippen LogP contribution is -2.38. The minimum absolute atomic E-state index is 0.00772. The maximum atomic E-state index is 12.6. The summed E-state index contributed by atoms with van der Waals surface area (Å²) < 4.78 is 16.3. The standard InChI is InChI=1S/C24H20ClN3O6/c1-4-32-19-12-14(10-17-22(26)28-20(27-23(17)29)9-13(2)34-28)11-18(25)21(19)33-24(30)15-5-7-16(31-3)8-6-15/h5-12,26H,4H2,1-3H3/b17-10+,26-22?. The first kappa shape index (κ1) is 23.1. The van der Waals surface area contributed by atoms with Gasteiger partial charge in [-0.2, -0.15) is 4.99 Å². The highest BCUT2D eigenvalue weighted by Crippen LogP contribution is 2.38. The monoisotopic (exact) mass is 481 g/mol. The fourth-order valence-corrected chi connectivity index (χ4v) is 3.54. The summed E-state index contributed by atoms with van der Waals surface area (Å²) in [6.45, 7) is 3.74. The Kier molecular flexibility index (Phi) is 6.38. The Morgan fingerprint density at radius 3 is 2.68 bits per heavy atom. The number of amidine groups is 2. The fraction of sp³-hybridized carbons (Fsp3) is 0.167. The van der Waals surface area contributed by atoms with Crippen molar-refractivity contribution in [1.82, 2.24) is 5.06 Å². The van der Waals surface area contributed by atoms with Crippen LogP contribution in [0.4, 0.5) is 0 Å². The molecule has 9 nitrogen and oxygen atoms in total. The molecular weight excluding hydrogens is 462 g/mol. The van der Waals surface area contributed by atoms with E-state index in [2.05, 4.69) is 4.99 Å². The van der Waals surface area contributed by atoms with E-state index in [1.165, 1.54) is 24.3 Å². The predicted octanol–water partition coefficient (Wildman–Crippen LogP) is 4.42. The molecular formula is C24H20ClN3O6. The molecule has 174 valence electrons. The number of nitrogens with zero attached hydrogens (tertiary/aromatic N) is 2. The Hall–Kier alpha value is -4.11. The van der Waals surface area contributed by atoms with Gasteiger partial charge in [0, 0.05) is 6.08 Å². The van der Waals surface area contributed by atoms with Crippen LogP contribution < -0.4 is 14.2 Å². The third kappa shape index (κ3) is 4.51. The smallest absolute Gasteiger partial charge is 0.343 e. The highest BCUT2D eigenvalue weighted by Gasteiger charge is 2.34. The van der Waals surface area contributed by atoms with Crippen LogP contribution in [0.3, 0.4) is 0 Å². The number of hydroxylamine groups is 2. The number of esters is 1. The van der Waals surface area contributed by atoms with E-state index < -0.39 is 11.9 Å².